The van der Waals surface area contributed by atoms with Gasteiger partial charge in [0.1, 0.15) is 0 Å². The third-order valence-corrected chi connectivity index (χ3v) is 11.1. The summed E-state index contributed by atoms with van der Waals surface area (Å²) < 4.78 is 0. The Morgan fingerprint density at radius 2 is 0.326 bits per heavy atom. The van der Waals surface area contributed by atoms with Gasteiger partial charge in [0.15, 0.2) is 0 Å². The molecule has 46 heavy (non-hydrogen) atoms. The summed E-state index contributed by atoms with van der Waals surface area (Å²) in [7, 11) is 0. The summed E-state index contributed by atoms with van der Waals surface area (Å²) in [6.45, 7) is 7.14. The fraction of sp³-hybridized carbons (Fsp3) is 1.00. The first-order chi connectivity index (χ1) is 22.8. The van der Waals surface area contributed by atoms with Crippen LogP contribution in [0.3, 0.4) is 0 Å². The molecule has 0 bridgehead atoms. The Labute approximate surface area is 295 Å². The summed E-state index contributed by atoms with van der Waals surface area (Å²) in [4.78, 5) is 0. The van der Waals surface area contributed by atoms with Crippen molar-refractivity contribution in [2.24, 2.45) is 5.92 Å². The molecule has 0 atom stereocenters. The van der Waals surface area contributed by atoms with Crippen LogP contribution in [-0.2, 0) is 0 Å². The van der Waals surface area contributed by atoms with Crippen LogP contribution in [0.1, 0.15) is 290 Å². The van der Waals surface area contributed by atoms with Crippen molar-refractivity contribution in [3.63, 3.8) is 0 Å². The summed E-state index contributed by atoms with van der Waals surface area (Å²) in [5, 5.41) is 0. The Bertz CT molecular complexity index is 450. The van der Waals surface area contributed by atoms with Crippen molar-refractivity contribution in [2.75, 3.05) is 0 Å². The number of hydrogen-bond donors (Lipinski definition) is 0. The number of rotatable bonds is 42. The molecule has 0 rings (SSSR count). The van der Waals surface area contributed by atoms with E-state index in [1.807, 2.05) is 0 Å². The van der Waals surface area contributed by atoms with E-state index in [1.165, 1.54) is 270 Å². The minimum absolute atomic E-state index is 0.964. The molecule has 0 heteroatoms. The second-order valence-electron chi connectivity index (χ2n) is 16.1. The molecule has 0 aliphatic heterocycles. The number of hydrogen-bond acceptors (Lipinski definition) is 0. The van der Waals surface area contributed by atoms with E-state index in [0.29, 0.717) is 0 Å². The van der Waals surface area contributed by atoms with Gasteiger partial charge in [0.2, 0.25) is 0 Å². The zero-order valence-corrected chi connectivity index (χ0v) is 33.3. The molecule has 0 heterocycles. The van der Waals surface area contributed by atoms with Crippen molar-refractivity contribution in [1.82, 2.24) is 0 Å². The van der Waals surface area contributed by atoms with E-state index >= 15 is 0 Å². The van der Waals surface area contributed by atoms with Crippen molar-refractivity contribution in [2.45, 2.75) is 290 Å². The van der Waals surface area contributed by atoms with E-state index in [9.17, 15) is 0 Å². The van der Waals surface area contributed by atoms with Gasteiger partial charge in [-0.25, -0.2) is 0 Å². The first-order valence-electron chi connectivity index (χ1n) is 22.8. The normalized spacial score (nSPS) is 11.7. The second kappa shape index (κ2) is 43.0. The Morgan fingerprint density at radius 3 is 0.478 bits per heavy atom. The monoisotopic (exact) mass is 647 g/mol. The van der Waals surface area contributed by atoms with Gasteiger partial charge in [0.25, 0.3) is 0 Å². The summed E-state index contributed by atoms with van der Waals surface area (Å²) in [5.74, 6) is 0.964. The summed E-state index contributed by atoms with van der Waals surface area (Å²) in [6.07, 6.45) is 62.2. The first kappa shape index (κ1) is 46.0. The largest absolute Gasteiger partial charge is 0.0654 e. The highest BCUT2D eigenvalue weighted by molar-refractivity contribution is 4.57. The van der Waals surface area contributed by atoms with Gasteiger partial charge in [-0.15, -0.1) is 0 Å². The predicted molar refractivity (Wildman–Crippen MR) is 214 cm³/mol. The van der Waals surface area contributed by atoms with Crippen LogP contribution >= 0.6 is 0 Å². The van der Waals surface area contributed by atoms with Crippen molar-refractivity contribution in [3.05, 3.63) is 0 Å². The molecule has 0 spiro atoms. The Balaban J connectivity index is 3.13. The van der Waals surface area contributed by atoms with Crippen molar-refractivity contribution in [3.8, 4) is 0 Å². The maximum absolute atomic E-state index is 2.52. The fourth-order valence-corrected chi connectivity index (χ4v) is 7.64. The lowest BCUT2D eigenvalue weighted by molar-refractivity contribution is 0.429. The van der Waals surface area contributed by atoms with Gasteiger partial charge in [0.05, 0.1) is 0 Å². The predicted octanol–water partition coefficient (Wildman–Crippen LogP) is 18.0. The van der Waals surface area contributed by atoms with Crippen LogP contribution in [0.15, 0.2) is 0 Å². The minimum Gasteiger partial charge on any atom is -0.0654 e. The molecular weight excluding hydrogens is 553 g/mol. The lowest BCUT2D eigenvalue weighted by atomic mass is 9.95. The van der Waals surface area contributed by atoms with Crippen LogP contribution in [0.4, 0.5) is 0 Å². The highest BCUT2D eigenvalue weighted by atomic mass is 14.1. The average molecular weight is 647 g/mol. The topological polar surface area (TPSA) is 0 Å². The second-order valence-corrected chi connectivity index (χ2v) is 16.1. The molecule has 0 unspecified atom stereocenters. The molecule has 0 aromatic carbocycles. The van der Waals surface area contributed by atoms with E-state index in [2.05, 4.69) is 20.8 Å². The van der Waals surface area contributed by atoms with E-state index in [-0.39, 0.29) is 0 Å². The minimum atomic E-state index is 0.964. The van der Waals surface area contributed by atoms with Gasteiger partial charge in [-0.05, 0) is 5.92 Å². The summed E-state index contributed by atoms with van der Waals surface area (Å²) >= 11 is 0. The van der Waals surface area contributed by atoms with Gasteiger partial charge < -0.3 is 0 Å². The zero-order chi connectivity index (χ0) is 33.3. The zero-order valence-electron chi connectivity index (χ0n) is 33.3. The highest BCUT2D eigenvalue weighted by Gasteiger charge is 2.03. The third-order valence-electron chi connectivity index (χ3n) is 11.1. The Morgan fingerprint density at radius 1 is 0.196 bits per heavy atom. The van der Waals surface area contributed by atoms with E-state index in [4.69, 9.17) is 0 Å². The van der Waals surface area contributed by atoms with Crippen LogP contribution in [0.25, 0.3) is 0 Å². The molecule has 0 aromatic rings. The van der Waals surface area contributed by atoms with Crippen LogP contribution in [0.5, 0.6) is 0 Å². The van der Waals surface area contributed by atoms with Crippen molar-refractivity contribution < 1.29 is 0 Å². The lowest BCUT2D eigenvalue weighted by Crippen LogP contribution is -1.95. The molecule has 0 fully saturated rings. The van der Waals surface area contributed by atoms with Gasteiger partial charge in [-0.3, -0.25) is 0 Å². The molecule has 0 radical (unpaired) electrons. The molecule has 0 saturated heterocycles. The molecule has 0 aliphatic rings. The standard InChI is InChI=1S/C46H94/c1-4-6-8-10-12-14-16-18-20-22-24-26-28-30-32-34-36-38-40-42-44-46(3)45-43-41-39-37-35-33-31-29-27-25-23-21-19-17-15-13-11-9-7-5-2/h46H,4-45H2,1-3H3. The molecule has 0 aliphatic carbocycles. The molecule has 0 aromatic heterocycles. The smallest absolute Gasteiger partial charge is 0.0443 e. The fourth-order valence-electron chi connectivity index (χ4n) is 7.64. The van der Waals surface area contributed by atoms with Crippen molar-refractivity contribution >= 4 is 0 Å². The molecule has 0 N–H and O–H groups in total. The molecule has 278 valence electrons. The lowest BCUT2D eigenvalue weighted by Gasteiger charge is -2.11. The van der Waals surface area contributed by atoms with Crippen LogP contribution in [0, 0.1) is 5.92 Å². The highest BCUT2D eigenvalue weighted by Crippen LogP contribution is 2.20. The van der Waals surface area contributed by atoms with Gasteiger partial charge in [0, 0.05) is 0 Å². The van der Waals surface area contributed by atoms with Gasteiger partial charge in [-0.2, -0.15) is 0 Å². The summed E-state index contributed by atoms with van der Waals surface area (Å²) in [6, 6.07) is 0. The van der Waals surface area contributed by atoms with E-state index in [0.717, 1.165) is 5.92 Å². The quantitative estimate of drug-likeness (QED) is 0.0579. The van der Waals surface area contributed by atoms with Gasteiger partial charge in [-0.1, -0.05) is 290 Å². The Hall–Kier alpha value is 0. The van der Waals surface area contributed by atoms with Gasteiger partial charge >= 0.3 is 0 Å². The first-order valence-corrected chi connectivity index (χ1v) is 22.8. The van der Waals surface area contributed by atoms with Crippen LogP contribution < -0.4 is 0 Å². The third kappa shape index (κ3) is 42.0. The van der Waals surface area contributed by atoms with Crippen LogP contribution in [-0.4, -0.2) is 0 Å². The maximum Gasteiger partial charge on any atom is -0.0443 e. The molecule has 0 saturated carbocycles. The molecular formula is C46H94. The van der Waals surface area contributed by atoms with E-state index < -0.39 is 0 Å². The SMILES string of the molecule is CCCCCCCCCCCCCCCCCCCCCCC(C)CCCCCCCCCCCCCCCCCCCCCC. The summed E-state index contributed by atoms with van der Waals surface area (Å²) in [5.41, 5.74) is 0. The molecule has 0 amide bonds. The van der Waals surface area contributed by atoms with Crippen molar-refractivity contribution in [1.29, 1.82) is 0 Å². The Kier molecular flexibility index (Phi) is 43.0. The van der Waals surface area contributed by atoms with Crippen LogP contribution in [0.2, 0.25) is 0 Å². The average Bonchev–Trinajstić information content (AvgIpc) is 3.06. The van der Waals surface area contributed by atoms with E-state index in [1.54, 1.807) is 0 Å². The number of unbranched alkanes of at least 4 members (excludes halogenated alkanes) is 38. The molecule has 0 nitrogen and oxygen atoms in total. The maximum atomic E-state index is 2.52.